The van der Waals surface area contributed by atoms with E-state index in [1.54, 1.807) is 6.20 Å². The molecule has 2 N–H and O–H groups in total. The summed E-state index contributed by atoms with van der Waals surface area (Å²) >= 11 is 0. The highest BCUT2D eigenvalue weighted by molar-refractivity contribution is 5.91. The average Bonchev–Trinajstić information content (AvgIpc) is 3.29. The number of amides is 1. The Balaban J connectivity index is 0.00000256. The van der Waals surface area contributed by atoms with Crippen LogP contribution < -0.4 is 15.4 Å². The van der Waals surface area contributed by atoms with Gasteiger partial charge in [-0.05, 0) is 37.6 Å². The lowest BCUT2D eigenvalue weighted by Crippen LogP contribution is -2.30. The highest BCUT2D eigenvalue weighted by atomic mass is 35.5. The zero-order chi connectivity index (χ0) is 19.9. The molecular formula is C22H26ClN5O2. The number of benzene rings is 2. The molecule has 30 heavy (non-hydrogen) atoms. The molecule has 1 aliphatic heterocycles. The van der Waals surface area contributed by atoms with Gasteiger partial charge in [0.05, 0.1) is 18.8 Å². The van der Waals surface area contributed by atoms with Crippen molar-refractivity contribution >= 4 is 18.3 Å². The van der Waals surface area contributed by atoms with Gasteiger partial charge in [0.15, 0.2) is 5.69 Å². The average molecular weight is 428 g/mol. The van der Waals surface area contributed by atoms with Crippen molar-refractivity contribution in [3.63, 3.8) is 0 Å². The van der Waals surface area contributed by atoms with Crippen LogP contribution in [0.25, 0.3) is 11.1 Å². The number of para-hydroxylation sites is 1. The molecule has 1 aliphatic rings. The first-order valence-corrected chi connectivity index (χ1v) is 9.99. The number of carbonyl (C=O) groups is 1. The van der Waals surface area contributed by atoms with Crippen molar-refractivity contribution in [2.24, 2.45) is 0 Å². The third-order valence-electron chi connectivity index (χ3n) is 5.04. The second-order valence-corrected chi connectivity index (χ2v) is 7.03. The molecule has 0 atom stereocenters. The van der Waals surface area contributed by atoms with E-state index in [-0.39, 0.29) is 18.3 Å². The van der Waals surface area contributed by atoms with Crippen molar-refractivity contribution < 1.29 is 9.53 Å². The third kappa shape index (κ3) is 5.37. The van der Waals surface area contributed by atoms with Crippen molar-refractivity contribution in [1.82, 2.24) is 25.6 Å². The molecule has 1 fully saturated rings. The molecule has 7 nitrogen and oxygen atoms in total. The molecule has 1 amide bonds. The lowest BCUT2D eigenvalue weighted by atomic mass is 10.1. The highest BCUT2D eigenvalue weighted by Crippen LogP contribution is 2.29. The van der Waals surface area contributed by atoms with E-state index in [9.17, 15) is 4.79 Å². The van der Waals surface area contributed by atoms with Gasteiger partial charge in [-0.1, -0.05) is 53.7 Å². The fourth-order valence-electron chi connectivity index (χ4n) is 3.50. The minimum absolute atomic E-state index is 0. The van der Waals surface area contributed by atoms with Gasteiger partial charge in [0, 0.05) is 5.56 Å². The Morgan fingerprint density at radius 3 is 2.63 bits per heavy atom. The number of nitrogens with one attached hydrogen (secondary N) is 2. The summed E-state index contributed by atoms with van der Waals surface area (Å²) in [4.78, 5) is 12.3. The van der Waals surface area contributed by atoms with E-state index in [4.69, 9.17) is 4.74 Å². The van der Waals surface area contributed by atoms with Gasteiger partial charge < -0.3 is 15.4 Å². The van der Waals surface area contributed by atoms with E-state index in [1.165, 1.54) is 0 Å². The topological polar surface area (TPSA) is 81.1 Å². The molecule has 0 aliphatic carbocycles. The second kappa shape index (κ2) is 10.8. The van der Waals surface area contributed by atoms with Crippen LogP contribution in [0.2, 0.25) is 0 Å². The van der Waals surface area contributed by atoms with E-state index in [2.05, 4.69) is 33.1 Å². The number of ether oxygens (including phenoxy) is 1. The Bertz CT molecular complexity index is 941. The minimum atomic E-state index is -0.231. The van der Waals surface area contributed by atoms with Gasteiger partial charge in [0.1, 0.15) is 12.4 Å². The van der Waals surface area contributed by atoms with Crippen LogP contribution >= 0.6 is 12.4 Å². The summed E-state index contributed by atoms with van der Waals surface area (Å²) in [5.41, 5.74) is 2.47. The van der Waals surface area contributed by atoms with Gasteiger partial charge in [-0.25, -0.2) is 4.68 Å². The van der Waals surface area contributed by atoms with Gasteiger partial charge in [0.2, 0.25) is 0 Å². The van der Waals surface area contributed by atoms with Gasteiger partial charge in [-0.2, -0.15) is 0 Å². The number of nitrogens with zero attached hydrogens (tertiary/aromatic N) is 3. The summed E-state index contributed by atoms with van der Waals surface area (Å²) in [5.74, 6) is 0.565. The molecule has 1 aromatic heterocycles. The van der Waals surface area contributed by atoms with Crippen LogP contribution in [-0.4, -0.2) is 47.1 Å². The normalized spacial score (nSPS) is 14.0. The van der Waals surface area contributed by atoms with Gasteiger partial charge >= 0.3 is 0 Å². The van der Waals surface area contributed by atoms with E-state index in [0.29, 0.717) is 24.9 Å². The molecule has 1 saturated heterocycles. The van der Waals surface area contributed by atoms with Crippen LogP contribution in [0.1, 0.15) is 29.4 Å². The van der Waals surface area contributed by atoms with Crippen LogP contribution in [0.3, 0.4) is 0 Å². The SMILES string of the molecule is Cl.O=C(NCCOc1ccccc1-c1ccccc1)c1cn(C2CCNCC2)nn1. The molecule has 0 bridgehead atoms. The van der Waals surface area contributed by atoms with Crippen LogP contribution in [-0.2, 0) is 0 Å². The predicted molar refractivity (Wildman–Crippen MR) is 118 cm³/mol. The number of halogens is 1. The summed E-state index contributed by atoms with van der Waals surface area (Å²) in [7, 11) is 0. The Morgan fingerprint density at radius 1 is 1.10 bits per heavy atom. The fraction of sp³-hybridized carbons (Fsp3) is 0.318. The lowest BCUT2D eigenvalue weighted by Gasteiger charge is -2.22. The molecule has 158 valence electrons. The summed E-state index contributed by atoms with van der Waals surface area (Å²) in [6.45, 7) is 2.70. The van der Waals surface area contributed by atoms with E-state index in [0.717, 1.165) is 42.8 Å². The molecule has 8 heteroatoms. The molecule has 2 heterocycles. The quantitative estimate of drug-likeness (QED) is 0.566. The van der Waals surface area contributed by atoms with Crippen LogP contribution in [0.4, 0.5) is 0 Å². The number of rotatable bonds is 7. The molecule has 0 spiro atoms. The van der Waals surface area contributed by atoms with Gasteiger partial charge in [-0.3, -0.25) is 4.79 Å². The first kappa shape index (κ1) is 21.8. The van der Waals surface area contributed by atoms with E-state index < -0.39 is 0 Å². The minimum Gasteiger partial charge on any atom is -0.491 e. The highest BCUT2D eigenvalue weighted by Gasteiger charge is 2.18. The largest absolute Gasteiger partial charge is 0.491 e. The zero-order valence-electron chi connectivity index (χ0n) is 16.7. The fourth-order valence-corrected chi connectivity index (χ4v) is 3.50. The van der Waals surface area contributed by atoms with Crippen molar-refractivity contribution in [2.75, 3.05) is 26.2 Å². The number of aromatic nitrogens is 3. The molecular weight excluding hydrogens is 402 g/mol. The predicted octanol–water partition coefficient (Wildman–Crippen LogP) is 3.10. The maximum Gasteiger partial charge on any atom is 0.273 e. The molecule has 0 radical (unpaired) electrons. The smallest absolute Gasteiger partial charge is 0.273 e. The van der Waals surface area contributed by atoms with E-state index >= 15 is 0 Å². The first-order valence-electron chi connectivity index (χ1n) is 9.99. The number of hydrogen-bond donors (Lipinski definition) is 2. The van der Waals surface area contributed by atoms with Crippen LogP contribution in [0, 0.1) is 0 Å². The Labute approximate surface area is 182 Å². The second-order valence-electron chi connectivity index (χ2n) is 7.03. The summed E-state index contributed by atoms with van der Waals surface area (Å²) in [6, 6.07) is 18.3. The molecule has 3 aromatic rings. The van der Waals surface area contributed by atoms with Crippen molar-refractivity contribution in [2.45, 2.75) is 18.9 Å². The number of hydrogen-bond acceptors (Lipinski definition) is 5. The monoisotopic (exact) mass is 427 g/mol. The standard InChI is InChI=1S/C22H25N5O2.ClH/c28-22(20-16-27(26-25-20)18-10-12-23-13-11-18)24-14-15-29-21-9-5-4-8-19(21)17-6-2-1-3-7-17;/h1-9,16,18,23H,10-15H2,(H,24,28);1H. The maximum atomic E-state index is 12.3. The van der Waals surface area contributed by atoms with Crippen molar-refractivity contribution in [3.05, 3.63) is 66.5 Å². The molecule has 2 aromatic carbocycles. The number of carbonyl (C=O) groups excluding carboxylic acids is 1. The lowest BCUT2D eigenvalue weighted by molar-refractivity contribution is 0.0942. The van der Waals surface area contributed by atoms with Crippen LogP contribution in [0.15, 0.2) is 60.8 Å². The zero-order valence-corrected chi connectivity index (χ0v) is 17.5. The molecule has 4 rings (SSSR count). The summed E-state index contributed by atoms with van der Waals surface area (Å²) < 4.78 is 7.72. The van der Waals surface area contributed by atoms with E-state index in [1.807, 2.05) is 47.1 Å². The Hall–Kier alpha value is -2.90. The maximum absolute atomic E-state index is 12.3. The van der Waals surface area contributed by atoms with Crippen LogP contribution in [0.5, 0.6) is 5.75 Å². The Morgan fingerprint density at radius 2 is 1.83 bits per heavy atom. The summed E-state index contributed by atoms with van der Waals surface area (Å²) in [5, 5.41) is 14.3. The molecule has 0 saturated carbocycles. The number of piperidine rings is 1. The molecule has 0 unspecified atom stereocenters. The van der Waals surface area contributed by atoms with Gasteiger partial charge in [-0.15, -0.1) is 17.5 Å². The Kier molecular flexibility index (Phi) is 7.82. The van der Waals surface area contributed by atoms with Crippen molar-refractivity contribution in [3.8, 4) is 16.9 Å². The summed E-state index contributed by atoms with van der Waals surface area (Å²) in [6.07, 6.45) is 3.73. The third-order valence-corrected chi connectivity index (χ3v) is 5.04. The van der Waals surface area contributed by atoms with Crippen molar-refractivity contribution in [1.29, 1.82) is 0 Å². The first-order chi connectivity index (χ1) is 14.3. The van der Waals surface area contributed by atoms with Gasteiger partial charge in [0.25, 0.3) is 5.91 Å².